The van der Waals surface area contributed by atoms with Crippen LogP contribution in [0.2, 0.25) is 0 Å². The Labute approximate surface area is 120 Å². The molecule has 3 N–H and O–H groups in total. The zero-order chi connectivity index (χ0) is 15.6. The van der Waals surface area contributed by atoms with Crippen LogP contribution in [0, 0.1) is 13.8 Å². The van der Waals surface area contributed by atoms with E-state index in [9.17, 15) is 19.8 Å². The van der Waals surface area contributed by atoms with E-state index >= 15 is 0 Å². The second-order valence-electron chi connectivity index (χ2n) is 4.63. The molecule has 0 aliphatic carbocycles. The van der Waals surface area contributed by atoms with Crippen molar-refractivity contribution in [2.75, 3.05) is 5.32 Å². The molecule has 6 heteroatoms. The van der Waals surface area contributed by atoms with Gasteiger partial charge in [-0.05, 0) is 43.7 Å². The first kappa shape index (κ1) is 14.5. The van der Waals surface area contributed by atoms with Gasteiger partial charge in [0.1, 0.15) is 0 Å². The van der Waals surface area contributed by atoms with E-state index in [0.29, 0.717) is 11.3 Å². The summed E-state index contributed by atoms with van der Waals surface area (Å²) < 4.78 is 0. The van der Waals surface area contributed by atoms with Gasteiger partial charge in [-0.25, -0.2) is 0 Å². The van der Waals surface area contributed by atoms with Gasteiger partial charge in [-0.15, -0.1) is 0 Å². The third-order valence-corrected chi connectivity index (χ3v) is 2.94. The van der Waals surface area contributed by atoms with Gasteiger partial charge in [-0.3, -0.25) is 14.6 Å². The lowest BCUT2D eigenvalue weighted by Gasteiger charge is -2.05. The highest BCUT2D eigenvalue weighted by molar-refractivity contribution is 6.05. The van der Waals surface area contributed by atoms with E-state index in [4.69, 9.17) is 0 Å². The second kappa shape index (κ2) is 5.62. The van der Waals surface area contributed by atoms with Crippen molar-refractivity contribution < 1.29 is 15.0 Å². The van der Waals surface area contributed by atoms with Gasteiger partial charge in [0.15, 0.2) is 5.75 Å². The lowest BCUT2D eigenvalue weighted by Crippen LogP contribution is -2.13. The molecule has 108 valence electrons. The fraction of sp³-hybridized carbons (Fsp3) is 0.133. The van der Waals surface area contributed by atoms with Crippen LogP contribution in [0.25, 0.3) is 0 Å². The smallest absolute Gasteiger partial charge is 0.256 e. The number of nitrogens with one attached hydrogen (secondary N) is 1. The minimum absolute atomic E-state index is 0.0884. The van der Waals surface area contributed by atoms with E-state index in [0.717, 1.165) is 17.8 Å². The predicted molar refractivity (Wildman–Crippen MR) is 77.7 cm³/mol. The minimum atomic E-state index is -0.783. The molecule has 0 radical (unpaired) electrons. The molecular weight excluding hydrogens is 272 g/mol. The lowest BCUT2D eigenvalue weighted by molar-refractivity contribution is 0.102. The highest BCUT2D eigenvalue weighted by Crippen LogP contribution is 2.22. The van der Waals surface area contributed by atoms with Crippen LogP contribution in [0.15, 0.2) is 35.3 Å². The Morgan fingerprint density at radius 1 is 1.19 bits per heavy atom. The highest BCUT2D eigenvalue weighted by Gasteiger charge is 2.13. The fourth-order valence-electron chi connectivity index (χ4n) is 1.77. The number of anilines is 1. The monoisotopic (exact) mass is 286 g/mol. The number of amides is 1. The number of aromatic nitrogens is 1. The van der Waals surface area contributed by atoms with Crippen molar-refractivity contribution in [3.05, 3.63) is 57.5 Å². The Morgan fingerprint density at radius 3 is 2.52 bits per heavy atom. The minimum Gasteiger partial charge on any atom is -0.504 e. The largest absolute Gasteiger partial charge is 0.504 e. The number of aryl methyl sites for hydroxylation is 2. The Morgan fingerprint density at radius 2 is 1.90 bits per heavy atom. The topological polar surface area (TPSA) is 99.5 Å². The molecule has 1 heterocycles. The molecule has 0 saturated carbocycles. The average molecular weight is 286 g/mol. The molecule has 2 aromatic rings. The molecule has 2 rings (SSSR count). The van der Waals surface area contributed by atoms with Crippen LogP contribution in [-0.4, -0.2) is 21.1 Å². The van der Waals surface area contributed by atoms with Gasteiger partial charge >= 0.3 is 0 Å². The van der Waals surface area contributed by atoms with Crippen molar-refractivity contribution in [2.24, 2.45) is 0 Å². The Bertz CT molecular complexity index is 755. The molecule has 0 unspecified atom stereocenters. The summed E-state index contributed by atoms with van der Waals surface area (Å²) in [5.74, 6) is -1.93. The lowest BCUT2D eigenvalue weighted by atomic mass is 10.1. The average Bonchev–Trinajstić information content (AvgIpc) is 2.53. The molecule has 0 aliphatic rings. The van der Waals surface area contributed by atoms with E-state index in [1.54, 1.807) is 19.1 Å². The first-order valence-electron chi connectivity index (χ1n) is 6.19. The number of carbonyl (C=O) groups excluding carboxylic acids is 1. The second-order valence-corrected chi connectivity index (χ2v) is 4.63. The van der Waals surface area contributed by atoms with E-state index in [1.165, 1.54) is 6.20 Å². The van der Waals surface area contributed by atoms with Crippen LogP contribution in [0.3, 0.4) is 0 Å². The van der Waals surface area contributed by atoms with E-state index in [-0.39, 0.29) is 5.56 Å². The number of nitrogens with zero attached hydrogens (tertiary/aromatic N) is 1. The molecule has 0 atom stereocenters. The summed E-state index contributed by atoms with van der Waals surface area (Å²) >= 11 is 0. The van der Waals surface area contributed by atoms with Crippen LogP contribution < -0.4 is 10.7 Å². The Kier molecular flexibility index (Phi) is 3.89. The predicted octanol–water partition coefficient (Wildman–Crippen LogP) is 1.72. The van der Waals surface area contributed by atoms with Gasteiger partial charge in [0.25, 0.3) is 5.91 Å². The number of hydrogen-bond acceptors (Lipinski definition) is 5. The molecule has 6 nitrogen and oxygen atoms in total. The summed E-state index contributed by atoms with van der Waals surface area (Å²) in [6.45, 7) is 3.37. The highest BCUT2D eigenvalue weighted by atomic mass is 16.3. The standard InChI is InChI=1S/C15H14N2O4/c1-8-5-12(18)14(20)13(19)6-11(8)15(21)17-10-4-3-9(2)16-7-10/h3-7H,1-2H3,(H,17,21)(H2,18,19,20). The van der Waals surface area contributed by atoms with Gasteiger partial charge in [-0.2, -0.15) is 0 Å². The Balaban J connectivity index is 2.40. The summed E-state index contributed by atoms with van der Waals surface area (Å²) in [5, 5.41) is 21.6. The van der Waals surface area contributed by atoms with Gasteiger partial charge in [0.05, 0.1) is 11.9 Å². The molecule has 1 aromatic carbocycles. The number of pyridine rings is 1. The molecule has 1 amide bonds. The van der Waals surface area contributed by atoms with E-state index < -0.39 is 22.8 Å². The zero-order valence-electron chi connectivity index (χ0n) is 11.5. The number of rotatable bonds is 2. The van der Waals surface area contributed by atoms with Crippen LogP contribution in [0.1, 0.15) is 21.6 Å². The zero-order valence-corrected chi connectivity index (χ0v) is 11.5. The summed E-state index contributed by atoms with van der Waals surface area (Å²) in [6.07, 6.45) is 1.50. The van der Waals surface area contributed by atoms with E-state index in [2.05, 4.69) is 10.3 Å². The molecule has 21 heavy (non-hydrogen) atoms. The maximum atomic E-state index is 12.2. The molecule has 0 saturated heterocycles. The third-order valence-electron chi connectivity index (χ3n) is 2.94. The Hall–Kier alpha value is -2.89. The number of hydrogen-bond donors (Lipinski definition) is 3. The summed E-state index contributed by atoms with van der Waals surface area (Å²) in [7, 11) is 0. The molecule has 1 aromatic heterocycles. The molecule has 0 spiro atoms. The first-order valence-corrected chi connectivity index (χ1v) is 6.19. The van der Waals surface area contributed by atoms with Gasteiger partial charge < -0.3 is 15.5 Å². The third kappa shape index (κ3) is 3.17. The molecule has 0 aliphatic heterocycles. The van der Waals surface area contributed by atoms with Gasteiger partial charge in [0.2, 0.25) is 11.2 Å². The normalized spacial score (nSPS) is 10.2. The molecule has 0 fully saturated rings. The number of carbonyl (C=O) groups is 1. The SMILES string of the molecule is Cc1ccc(NC(=O)c2cc(O)c(O)c(=O)cc2C)cn1. The van der Waals surface area contributed by atoms with Crippen molar-refractivity contribution in [1.29, 1.82) is 0 Å². The van der Waals surface area contributed by atoms with Crippen molar-refractivity contribution in [3.8, 4) is 11.5 Å². The van der Waals surface area contributed by atoms with Crippen LogP contribution >= 0.6 is 0 Å². The van der Waals surface area contributed by atoms with Crippen LogP contribution in [0.4, 0.5) is 5.69 Å². The fourth-order valence-corrected chi connectivity index (χ4v) is 1.77. The maximum absolute atomic E-state index is 12.2. The van der Waals surface area contributed by atoms with Crippen molar-refractivity contribution in [1.82, 2.24) is 4.98 Å². The van der Waals surface area contributed by atoms with Crippen LogP contribution in [-0.2, 0) is 0 Å². The first-order chi connectivity index (χ1) is 9.88. The van der Waals surface area contributed by atoms with Crippen molar-refractivity contribution in [2.45, 2.75) is 13.8 Å². The maximum Gasteiger partial charge on any atom is 0.256 e. The van der Waals surface area contributed by atoms with E-state index in [1.807, 2.05) is 6.92 Å². The van der Waals surface area contributed by atoms with Crippen molar-refractivity contribution >= 4 is 11.6 Å². The summed E-state index contributed by atoms with van der Waals surface area (Å²) in [6, 6.07) is 5.59. The quantitative estimate of drug-likeness (QED) is 0.780. The van der Waals surface area contributed by atoms with Gasteiger partial charge in [-0.1, -0.05) is 0 Å². The summed E-state index contributed by atoms with van der Waals surface area (Å²) in [5.41, 5.74) is 0.983. The van der Waals surface area contributed by atoms with Gasteiger partial charge in [0, 0.05) is 11.3 Å². The van der Waals surface area contributed by atoms with Crippen LogP contribution in [0.5, 0.6) is 11.5 Å². The van der Waals surface area contributed by atoms with Crippen molar-refractivity contribution in [3.63, 3.8) is 0 Å². The molecule has 0 bridgehead atoms. The molecular formula is C15H14N2O4. The number of aromatic hydroxyl groups is 2. The summed E-state index contributed by atoms with van der Waals surface area (Å²) in [4.78, 5) is 27.7.